The van der Waals surface area contributed by atoms with Crippen molar-refractivity contribution >= 4 is 27.3 Å². The van der Waals surface area contributed by atoms with E-state index in [0.29, 0.717) is 5.69 Å². The number of hydrogen-bond acceptors (Lipinski definition) is 4. The summed E-state index contributed by atoms with van der Waals surface area (Å²) in [5.41, 5.74) is 5.61. The first-order valence-corrected chi connectivity index (χ1v) is 7.43. The molecule has 0 unspecified atom stereocenters. The molecule has 0 fully saturated rings. The van der Waals surface area contributed by atoms with Crippen LogP contribution in [-0.2, 0) is 16.6 Å². The third-order valence-electron chi connectivity index (χ3n) is 2.62. The molecule has 108 valence electrons. The number of halogens is 2. The van der Waals surface area contributed by atoms with Crippen molar-refractivity contribution in [3.05, 3.63) is 40.4 Å². The minimum atomic E-state index is -4.04. The van der Waals surface area contributed by atoms with Crippen LogP contribution in [0.3, 0.4) is 0 Å². The number of anilines is 1. The summed E-state index contributed by atoms with van der Waals surface area (Å²) in [5.74, 6) is -0.767. The largest absolute Gasteiger partial charge is 0.325 e. The molecule has 0 aliphatic rings. The minimum absolute atomic E-state index is 0.0379. The highest BCUT2D eigenvalue weighted by atomic mass is 35.5. The van der Waals surface area contributed by atoms with Crippen LogP contribution in [0.4, 0.5) is 10.1 Å². The lowest BCUT2D eigenvalue weighted by atomic mass is 10.3. The highest BCUT2D eigenvalue weighted by Gasteiger charge is 2.25. The second-order valence-electron chi connectivity index (χ2n) is 4.03. The fourth-order valence-electron chi connectivity index (χ4n) is 1.75. The van der Waals surface area contributed by atoms with Gasteiger partial charge in [-0.3, -0.25) is 9.82 Å². The number of aromatic amines is 1. The Morgan fingerprint density at radius 1 is 1.50 bits per heavy atom. The molecule has 20 heavy (non-hydrogen) atoms. The first kappa shape index (κ1) is 14.8. The van der Waals surface area contributed by atoms with Gasteiger partial charge in [-0.05, 0) is 19.1 Å². The van der Waals surface area contributed by atoms with Gasteiger partial charge in [-0.25, -0.2) is 12.8 Å². The summed E-state index contributed by atoms with van der Waals surface area (Å²) in [5, 5.41) is 6.29. The van der Waals surface area contributed by atoms with Crippen molar-refractivity contribution in [2.75, 3.05) is 4.72 Å². The van der Waals surface area contributed by atoms with E-state index in [1.165, 1.54) is 19.1 Å². The zero-order chi connectivity index (χ0) is 14.9. The maximum absolute atomic E-state index is 13.6. The number of para-hydroxylation sites is 1. The first-order chi connectivity index (χ1) is 9.36. The fraction of sp³-hybridized carbons (Fsp3) is 0.182. The Kier molecular flexibility index (Phi) is 3.98. The molecule has 0 aliphatic heterocycles. The van der Waals surface area contributed by atoms with Crippen LogP contribution in [0.5, 0.6) is 0 Å². The smallest absolute Gasteiger partial charge is 0.265 e. The summed E-state index contributed by atoms with van der Waals surface area (Å²) in [6.45, 7) is 1.47. The molecule has 1 heterocycles. The summed E-state index contributed by atoms with van der Waals surface area (Å²) in [6.07, 6.45) is 0. The maximum Gasteiger partial charge on any atom is 0.265 e. The van der Waals surface area contributed by atoms with Crippen LogP contribution >= 0.6 is 11.6 Å². The van der Waals surface area contributed by atoms with E-state index in [4.69, 9.17) is 17.3 Å². The van der Waals surface area contributed by atoms with Gasteiger partial charge in [-0.15, -0.1) is 0 Å². The molecular weight excluding hydrogens is 307 g/mol. The van der Waals surface area contributed by atoms with E-state index in [1.54, 1.807) is 0 Å². The highest BCUT2D eigenvalue weighted by Crippen LogP contribution is 2.28. The molecule has 2 rings (SSSR count). The Bertz CT molecular complexity index is 725. The molecule has 0 amide bonds. The number of sulfonamides is 1. The van der Waals surface area contributed by atoms with Crippen molar-refractivity contribution in [2.24, 2.45) is 5.73 Å². The van der Waals surface area contributed by atoms with Gasteiger partial charge in [0.15, 0.2) is 0 Å². The van der Waals surface area contributed by atoms with Crippen molar-refractivity contribution < 1.29 is 12.8 Å². The van der Waals surface area contributed by atoms with Crippen molar-refractivity contribution in [2.45, 2.75) is 18.4 Å². The van der Waals surface area contributed by atoms with Gasteiger partial charge in [-0.1, -0.05) is 17.7 Å². The van der Waals surface area contributed by atoms with Crippen LogP contribution < -0.4 is 10.5 Å². The Hall–Kier alpha value is -1.64. The number of nitrogens with zero attached hydrogens (tertiary/aromatic N) is 1. The Morgan fingerprint density at radius 3 is 2.80 bits per heavy atom. The van der Waals surface area contributed by atoms with Crippen molar-refractivity contribution in [3.63, 3.8) is 0 Å². The van der Waals surface area contributed by atoms with E-state index in [2.05, 4.69) is 14.9 Å². The van der Waals surface area contributed by atoms with Gasteiger partial charge >= 0.3 is 0 Å². The number of hydrogen-bond donors (Lipinski definition) is 3. The van der Waals surface area contributed by atoms with Crippen LogP contribution in [0.2, 0.25) is 5.02 Å². The van der Waals surface area contributed by atoms with E-state index in [0.717, 1.165) is 6.07 Å². The van der Waals surface area contributed by atoms with Gasteiger partial charge in [0.2, 0.25) is 0 Å². The van der Waals surface area contributed by atoms with Gasteiger partial charge in [0.05, 0.1) is 16.4 Å². The molecule has 0 aliphatic carbocycles. The van der Waals surface area contributed by atoms with Gasteiger partial charge in [0.1, 0.15) is 16.4 Å². The predicted octanol–water partition coefficient (Wildman–Crippen LogP) is 1.77. The summed E-state index contributed by atoms with van der Waals surface area (Å²) in [7, 11) is -4.04. The second kappa shape index (κ2) is 5.39. The van der Waals surface area contributed by atoms with Gasteiger partial charge in [0.25, 0.3) is 10.0 Å². The molecule has 0 atom stereocenters. The molecule has 0 saturated heterocycles. The first-order valence-electron chi connectivity index (χ1n) is 5.57. The lowest BCUT2D eigenvalue weighted by molar-refractivity contribution is 0.597. The number of nitrogens with one attached hydrogen (secondary N) is 2. The van der Waals surface area contributed by atoms with Gasteiger partial charge in [0, 0.05) is 6.54 Å². The van der Waals surface area contributed by atoms with E-state index in [9.17, 15) is 12.8 Å². The maximum atomic E-state index is 13.6. The topological polar surface area (TPSA) is 101 Å². The van der Waals surface area contributed by atoms with E-state index in [-0.39, 0.29) is 27.8 Å². The molecule has 0 radical (unpaired) electrons. The number of benzene rings is 1. The van der Waals surface area contributed by atoms with Gasteiger partial charge in [-0.2, -0.15) is 5.10 Å². The van der Waals surface area contributed by atoms with Crippen molar-refractivity contribution in [1.29, 1.82) is 0 Å². The average Bonchev–Trinajstić information content (AvgIpc) is 2.76. The average molecular weight is 319 g/mol. The van der Waals surface area contributed by atoms with Crippen molar-refractivity contribution in [3.8, 4) is 0 Å². The SMILES string of the molecule is Cc1[nH]nc(CN)c1S(=O)(=O)Nc1c(F)cccc1Cl. The minimum Gasteiger partial charge on any atom is -0.325 e. The van der Waals surface area contributed by atoms with Gasteiger partial charge < -0.3 is 5.73 Å². The monoisotopic (exact) mass is 318 g/mol. The number of aryl methyl sites for hydroxylation is 1. The Labute approximate surface area is 120 Å². The summed E-state index contributed by atoms with van der Waals surface area (Å²) in [6, 6.07) is 3.87. The van der Waals surface area contributed by atoms with E-state index < -0.39 is 15.8 Å². The molecule has 2 aromatic rings. The highest BCUT2D eigenvalue weighted by molar-refractivity contribution is 7.92. The summed E-state index contributed by atoms with van der Waals surface area (Å²) in [4.78, 5) is -0.0979. The van der Waals surface area contributed by atoms with Crippen LogP contribution in [0.15, 0.2) is 23.1 Å². The number of aromatic nitrogens is 2. The normalized spacial score (nSPS) is 11.6. The van der Waals surface area contributed by atoms with Crippen LogP contribution in [0, 0.1) is 12.7 Å². The lowest BCUT2D eigenvalue weighted by Gasteiger charge is -2.10. The zero-order valence-corrected chi connectivity index (χ0v) is 12.0. The third-order valence-corrected chi connectivity index (χ3v) is 4.49. The molecule has 6 nitrogen and oxygen atoms in total. The molecule has 0 saturated carbocycles. The predicted molar refractivity (Wildman–Crippen MR) is 73.4 cm³/mol. The Morgan fingerprint density at radius 2 is 2.20 bits per heavy atom. The number of rotatable bonds is 4. The zero-order valence-electron chi connectivity index (χ0n) is 10.4. The Balaban J connectivity index is 2.49. The summed E-state index contributed by atoms with van der Waals surface area (Å²) < 4.78 is 40.4. The van der Waals surface area contributed by atoms with E-state index >= 15 is 0 Å². The quantitative estimate of drug-likeness (QED) is 0.799. The molecule has 1 aromatic carbocycles. The molecule has 4 N–H and O–H groups in total. The molecular formula is C11H12ClFN4O2S. The van der Waals surface area contributed by atoms with Crippen molar-refractivity contribution in [1.82, 2.24) is 10.2 Å². The van der Waals surface area contributed by atoms with Crippen LogP contribution in [-0.4, -0.2) is 18.6 Å². The van der Waals surface area contributed by atoms with Crippen LogP contribution in [0.1, 0.15) is 11.4 Å². The molecule has 9 heteroatoms. The second-order valence-corrected chi connectivity index (χ2v) is 6.06. The lowest BCUT2D eigenvalue weighted by Crippen LogP contribution is -2.17. The standard InChI is InChI=1S/C11H12ClFN4O2S/c1-6-11(9(5-14)16-15-6)20(18,19)17-10-7(12)3-2-4-8(10)13/h2-4,17H,5,14H2,1H3,(H,15,16). The number of H-pyrrole nitrogens is 1. The van der Waals surface area contributed by atoms with Crippen LogP contribution in [0.25, 0.3) is 0 Å². The van der Waals surface area contributed by atoms with E-state index in [1.807, 2.05) is 0 Å². The molecule has 0 bridgehead atoms. The number of nitrogens with two attached hydrogens (primary N) is 1. The fourth-order valence-corrected chi connectivity index (χ4v) is 3.48. The molecule has 0 spiro atoms. The molecule has 1 aromatic heterocycles. The summed E-state index contributed by atoms with van der Waals surface area (Å²) >= 11 is 5.80. The third kappa shape index (κ3) is 2.62.